The first kappa shape index (κ1) is 23.3. The molecule has 8 heteroatoms. The highest BCUT2D eigenvalue weighted by Gasteiger charge is 2.30. The number of nitrogens with two attached hydrogens (primary N) is 1. The number of hydrogen-bond donors (Lipinski definition) is 4. The average Bonchev–Trinajstić information content (AvgIpc) is 3.23. The van der Waals surface area contributed by atoms with Gasteiger partial charge in [0.15, 0.2) is 0 Å². The minimum Gasteiger partial charge on any atom is -0.354 e. The normalized spacial score (nSPS) is 14.1. The SMILES string of the molecule is NCc1ccc(N/C(=C2\C(=O)Nc3ccc(S(=O)(=O)Nc4ccccc4)cc32)c2ccccc2)cc1. The van der Waals surface area contributed by atoms with E-state index in [4.69, 9.17) is 5.73 Å². The van der Waals surface area contributed by atoms with Crippen molar-refractivity contribution in [3.63, 3.8) is 0 Å². The van der Waals surface area contributed by atoms with Crippen LogP contribution in [0.4, 0.5) is 17.1 Å². The molecule has 36 heavy (non-hydrogen) atoms. The minimum absolute atomic E-state index is 0.0545. The zero-order chi connectivity index (χ0) is 25.1. The summed E-state index contributed by atoms with van der Waals surface area (Å²) >= 11 is 0. The summed E-state index contributed by atoms with van der Waals surface area (Å²) in [4.78, 5) is 13.3. The standard InChI is InChI=1S/C28H24N4O3S/c29-18-19-11-13-21(14-12-19)30-27(20-7-3-1-4-8-20)26-24-17-23(15-16-25(24)31-28(26)33)36(34,35)32-22-9-5-2-6-10-22/h1-17,30,32H,18,29H2,(H,31,33)/b27-26-. The van der Waals surface area contributed by atoms with Crippen molar-refractivity contribution in [2.75, 3.05) is 15.4 Å². The largest absolute Gasteiger partial charge is 0.354 e. The Balaban J connectivity index is 1.61. The first-order valence-corrected chi connectivity index (χ1v) is 12.8. The molecule has 180 valence electrons. The summed E-state index contributed by atoms with van der Waals surface area (Å²) in [6.07, 6.45) is 0. The maximum absolute atomic E-state index is 13.2. The lowest BCUT2D eigenvalue weighted by atomic mass is 10.00. The van der Waals surface area contributed by atoms with Gasteiger partial charge >= 0.3 is 0 Å². The summed E-state index contributed by atoms with van der Waals surface area (Å²) in [6.45, 7) is 0.428. The predicted octanol–water partition coefficient (Wildman–Crippen LogP) is 4.88. The maximum Gasteiger partial charge on any atom is 0.261 e. The van der Waals surface area contributed by atoms with E-state index in [1.807, 2.05) is 60.7 Å². The quantitative estimate of drug-likeness (QED) is 0.273. The Kier molecular flexibility index (Phi) is 6.28. The molecule has 1 aliphatic rings. The van der Waals surface area contributed by atoms with Crippen molar-refractivity contribution >= 4 is 44.3 Å². The monoisotopic (exact) mass is 496 g/mol. The molecule has 0 saturated heterocycles. The van der Waals surface area contributed by atoms with Crippen LogP contribution in [0.3, 0.4) is 0 Å². The highest BCUT2D eigenvalue weighted by atomic mass is 32.2. The van der Waals surface area contributed by atoms with Crippen LogP contribution in [-0.4, -0.2) is 14.3 Å². The third-order valence-electron chi connectivity index (χ3n) is 5.84. The maximum atomic E-state index is 13.2. The average molecular weight is 497 g/mol. The summed E-state index contributed by atoms with van der Waals surface area (Å²) in [5.74, 6) is -0.319. The predicted molar refractivity (Wildman–Crippen MR) is 144 cm³/mol. The van der Waals surface area contributed by atoms with E-state index in [9.17, 15) is 13.2 Å². The van der Waals surface area contributed by atoms with Gasteiger partial charge in [0, 0.05) is 29.2 Å². The molecule has 5 N–H and O–H groups in total. The molecule has 0 saturated carbocycles. The zero-order valence-corrected chi connectivity index (χ0v) is 20.0. The number of para-hydroxylation sites is 1. The van der Waals surface area contributed by atoms with E-state index in [0.717, 1.165) is 16.8 Å². The third-order valence-corrected chi connectivity index (χ3v) is 7.22. The van der Waals surface area contributed by atoms with Crippen molar-refractivity contribution in [1.82, 2.24) is 0 Å². The van der Waals surface area contributed by atoms with E-state index in [1.54, 1.807) is 30.3 Å². The van der Waals surface area contributed by atoms with Gasteiger partial charge < -0.3 is 16.4 Å². The second kappa shape index (κ2) is 9.69. The van der Waals surface area contributed by atoms with E-state index in [2.05, 4.69) is 15.4 Å². The summed E-state index contributed by atoms with van der Waals surface area (Å²) in [6, 6.07) is 30.3. The third kappa shape index (κ3) is 4.72. The summed E-state index contributed by atoms with van der Waals surface area (Å²) in [7, 11) is -3.88. The van der Waals surface area contributed by atoms with E-state index < -0.39 is 10.0 Å². The molecule has 1 amide bonds. The molecule has 0 atom stereocenters. The van der Waals surface area contributed by atoms with Gasteiger partial charge in [-0.1, -0.05) is 60.7 Å². The summed E-state index contributed by atoms with van der Waals surface area (Å²) in [5.41, 5.74) is 10.7. The van der Waals surface area contributed by atoms with Crippen molar-refractivity contribution < 1.29 is 13.2 Å². The summed E-state index contributed by atoms with van der Waals surface area (Å²) in [5, 5.41) is 6.23. The van der Waals surface area contributed by atoms with Crippen LogP contribution < -0.4 is 21.1 Å². The molecule has 0 fully saturated rings. The molecular formula is C28H24N4O3S. The Hall–Kier alpha value is -4.40. The van der Waals surface area contributed by atoms with Gasteiger partial charge in [-0.25, -0.2) is 8.42 Å². The van der Waals surface area contributed by atoms with E-state index in [1.165, 1.54) is 12.1 Å². The zero-order valence-electron chi connectivity index (χ0n) is 19.2. The van der Waals surface area contributed by atoms with Gasteiger partial charge in [0.05, 0.1) is 16.2 Å². The van der Waals surface area contributed by atoms with E-state index >= 15 is 0 Å². The van der Waals surface area contributed by atoms with Crippen molar-refractivity contribution in [1.29, 1.82) is 0 Å². The molecule has 1 heterocycles. The number of rotatable bonds is 7. The van der Waals surface area contributed by atoms with Gasteiger partial charge in [0.2, 0.25) is 0 Å². The molecule has 0 radical (unpaired) electrons. The van der Waals surface area contributed by atoms with Crippen molar-refractivity contribution in [2.24, 2.45) is 5.73 Å². The Labute approximate surface area is 209 Å². The van der Waals surface area contributed by atoms with Crippen LogP contribution in [0.5, 0.6) is 0 Å². The minimum atomic E-state index is -3.88. The van der Waals surface area contributed by atoms with Crippen molar-refractivity contribution in [3.05, 3.63) is 120 Å². The van der Waals surface area contributed by atoms with Gasteiger partial charge in [-0.2, -0.15) is 0 Å². The number of sulfonamides is 1. The molecule has 0 aromatic heterocycles. The fraction of sp³-hybridized carbons (Fsp3) is 0.0357. The molecule has 0 bridgehead atoms. The Morgan fingerprint density at radius 3 is 2.14 bits per heavy atom. The Morgan fingerprint density at radius 1 is 0.806 bits per heavy atom. The molecule has 0 spiro atoms. The van der Waals surface area contributed by atoms with Crippen molar-refractivity contribution in [2.45, 2.75) is 11.4 Å². The van der Waals surface area contributed by atoms with Crippen LogP contribution in [0.15, 0.2) is 108 Å². The van der Waals surface area contributed by atoms with Crippen LogP contribution in [0, 0.1) is 0 Å². The summed E-state index contributed by atoms with van der Waals surface area (Å²) < 4.78 is 28.8. The van der Waals surface area contributed by atoms with E-state index in [0.29, 0.717) is 34.8 Å². The highest BCUT2D eigenvalue weighted by molar-refractivity contribution is 7.92. The molecule has 0 unspecified atom stereocenters. The lowest BCUT2D eigenvalue weighted by molar-refractivity contribution is -0.110. The number of carbonyl (C=O) groups excluding carboxylic acids is 1. The fourth-order valence-corrected chi connectivity index (χ4v) is 5.12. The van der Waals surface area contributed by atoms with Gasteiger partial charge in [0.25, 0.3) is 15.9 Å². The van der Waals surface area contributed by atoms with Crippen LogP contribution >= 0.6 is 0 Å². The molecule has 7 nitrogen and oxygen atoms in total. The second-order valence-electron chi connectivity index (χ2n) is 8.28. The number of nitrogens with one attached hydrogen (secondary N) is 3. The highest BCUT2D eigenvalue weighted by Crippen LogP contribution is 2.39. The first-order chi connectivity index (χ1) is 17.4. The van der Waals surface area contributed by atoms with Crippen LogP contribution in [0.1, 0.15) is 16.7 Å². The van der Waals surface area contributed by atoms with Gasteiger partial charge in [-0.05, 0) is 53.6 Å². The number of benzene rings is 4. The number of fused-ring (bicyclic) bond motifs is 1. The molecule has 1 aliphatic heterocycles. The number of carbonyl (C=O) groups is 1. The van der Waals surface area contributed by atoms with Gasteiger partial charge in [-0.3, -0.25) is 9.52 Å². The second-order valence-corrected chi connectivity index (χ2v) is 9.96. The first-order valence-electron chi connectivity index (χ1n) is 11.3. The number of hydrogen-bond acceptors (Lipinski definition) is 5. The number of amides is 1. The van der Waals surface area contributed by atoms with Crippen LogP contribution in [0.2, 0.25) is 0 Å². The van der Waals surface area contributed by atoms with Crippen molar-refractivity contribution in [3.8, 4) is 0 Å². The van der Waals surface area contributed by atoms with Gasteiger partial charge in [0.1, 0.15) is 0 Å². The van der Waals surface area contributed by atoms with Crippen LogP contribution in [-0.2, 0) is 21.4 Å². The fourth-order valence-electron chi connectivity index (χ4n) is 4.03. The topological polar surface area (TPSA) is 113 Å². The molecular weight excluding hydrogens is 472 g/mol. The van der Waals surface area contributed by atoms with E-state index in [-0.39, 0.29) is 10.8 Å². The number of anilines is 3. The Bertz CT molecular complexity index is 1550. The van der Waals surface area contributed by atoms with Gasteiger partial charge in [-0.15, -0.1) is 0 Å². The molecule has 4 aromatic rings. The molecule has 4 aromatic carbocycles. The smallest absolute Gasteiger partial charge is 0.261 e. The van der Waals surface area contributed by atoms with Crippen LogP contribution in [0.25, 0.3) is 11.3 Å². The lowest BCUT2D eigenvalue weighted by Crippen LogP contribution is -2.13. The lowest BCUT2D eigenvalue weighted by Gasteiger charge is -2.15. The Morgan fingerprint density at radius 2 is 1.47 bits per heavy atom. The molecule has 5 rings (SSSR count). The molecule has 0 aliphatic carbocycles.